The maximum Gasteiger partial charge on any atom is 0.339 e. The van der Waals surface area contributed by atoms with Crippen molar-refractivity contribution in [3.05, 3.63) is 50.8 Å². The second kappa shape index (κ2) is 5.82. The van der Waals surface area contributed by atoms with E-state index >= 15 is 0 Å². The van der Waals surface area contributed by atoms with Gasteiger partial charge < -0.3 is 10.4 Å². The number of nitrogens with one attached hydrogen (secondary N) is 1. The molecule has 9 nitrogen and oxygen atoms in total. The molecular weight excluding hydrogens is 316 g/mol. The molecular formula is C12H9ClN4O5. The van der Waals surface area contributed by atoms with Crippen molar-refractivity contribution in [1.82, 2.24) is 9.78 Å². The van der Waals surface area contributed by atoms with Crippen molar-refractivity contribution in [2.45, 2.75) is 0 Å². The molecule has 22 heavy (non-hydrogen) atoms. The number of nitro groups is 1. The van der Waals surface area contributed by atoms with Gasteiger partial charge in [0.15, 0.2) is 0 Å². The molecule has 10 heteroatoms. The van der Waals surface area contributed by atoms with Crippen LogP contribution in [0.1, 0.15) is 20.8 Å². The molecule has 0 fully saturated rings. The number of carbonyl (C=O) groups is 2. The zero-order valence-corrected chi connectivity index (χ0v) is 11.9. The van der Waals surface area contributed by atoms with Gasteiger partial charge in [-0.1, -0.05) is 11.6 Å². The highest BCUT2D eigenvalue weighted by Gasteiger charge is 2.24. The number of nitrogens with zero attached hydrogens (tertiary/aromatic N) is 3. The summed E-state index contributed by atoms with van der Waals surface area (Å²) in [5.74, 6) is -2.16. The number of anilines is 1. The standard InChI is InChI=1S/C12H9ClN4O5/c1-16-10(7(5-14-16)12(19)20)11(18)15-8-3-2-6(13)4-9(8)17(21)22/h2-5H,1H3,(H,15,18)(H,19,20). The molecule has 0 aliphatic carbocycles. The molecule has 0 spiro atoms. The van der Waals surface area contributed by atoms with Crippen LogP contribution in [0.5, 0.6) is 0 Å². The number of aromatic nitrogens is 2. The Bertz CT molecular complexity index is 786. The summed E-state index contributed by atoms with van der Waals surface area (Å²) in [5, 5.41) is 26.1. The summed E-state index contributed by atoms with van der Waals surface area (Å²) in [7, 11) is 1.39. The average molecular weight is 325 g/mol. The summed E-state index contributed by atoms with van der Waals surface area (Å²) in [4.78, 5) is 33.5. The molecule has 0 atom stereocenters. The van der Waals surface area contributed by atoms with Crippen LogP contribution in [-0.2, 0) is 7.05 Å². The molecule has 1 aromatic carbocycles. The number of rotatable bonds is 4. The van der Waals surface area contributed by atoms with Crippen LogP contribution in [0.3, 0.4) is 0 Å². The van der Waals surface area contributed by atoms with Crippen molar-refractivity contribution in [1.29, 1.82) is 0 Å². The molecule has 1 amide bonds. The molecule has 0 saturated heterocycles. The normalized spacial score (nSPS) is 10.3. The van der Waals surface area contributed by atoms with E-state index in [1.807, 2.05) is 0 Å². The van der Waals surface area contributed by atoms with E-state index in [0.717, 1.165) is 16.9 Å². The van der Waals surface area contributed by atoms with Crippen molar-refractivity contribution < 1.29 is 19.6 Å². The number of nitro benzene ring substituents is 1. The Hall–Kier alpha value is -2.94. The second-order valence-electron chi connectivity index (χ2n) is 4.21. The van der Waals surface area contributed by atoms with Crippen LogP contribution in [0.15, 0.2) is 24.4 Å². The van der Waals surface area contributed by atoms with E-state index in [0.29, 0.717) is 0 Å². The Labute approximate surface area is 128 Å². The SMILES string of the molecule is Cn1ncc(C(=O)O)c1C(=O)Nc1ccc(Cl)cc1[N+](=O)[O-]. The average Bonchev–Trinajstić information content (AvgIpc) is 2.82. The fourth-order valence-corrected chi connectivity index (χ4v) is 1.97. The van der Waals surface area contributed by atoms with Crippen LogP contribution in [0.25, 0.3) is 0 Å². The topological polar surface area (TPSA) is 127 Å². The van der Waals surface area contributed by atoms with Gasteiger partial charge in [0, 0.05) is 18.1 Å². The van der Waals surface area contributed by atoms with Gasteiger partial charge in [0.2, 0.25) is 0 Å². The van der Waals surface area contributed by atoms with Crippen LogP contribution in [0.4, 0.5) is 11.4 Å². The molecule has 1 heterocycles. The van der Waals surface area contributed by atoms with Gasteiger partial charge in [-0.2, -0.15) is 5.10 Å². The number of carboxylic acids is 1. The summed E-state index contributed by atoms with van der Waals surface area (Å²) >= 11 is 5.68. The first kappa shape index (κ1) is 15.4. The molecule has 0 unspecified atom stereocenters. The molecule has 0 aliphatic rings. The Kier molecular flexibility index (Phi) is 4.08. The van der Waals surface area contributed by atoms with Crippen LogP contribution in [0, 0.1) is 10.1 Å². The largest absolute Gasteiger partial charge is 0.478 e. The minimum atomic E-state index is -1.33. The number of aryl methyl sites for hydroxylation is 1. The summed E-state index contributed by atoms with van der Waals surface area (Å²) in [5.41, 5.74) is -1.04. The van der Waals surface area contributed by atoms with Crippen LogP contribution < -0.4 is 5.32 Å². The third-order valence-electron chi connectivity index (χ3n) is 2.79. The van der Waals surface area contributed by atoms with Crippen molar-refractivity contribution in [2.75, 3.05) is 5.32 Å². The fourth-order valence-electron chi connectivity index (χ4n) is 1.81. The van der Waals surface area contributed by atoms with Crippen molar-refractivity contribution in [3.8, 4) is 0 Å². The summed E-state index contributed by atoms with van der Waals surface area (Å²) in [6.45, 7) is 0. The quantitative estimate of drug-likeness (QED) is 0.653. The number of carboxylic acid groups (broad SMARTS) is 1. The van der Waals surface area contributed by atoms with E-state index < -0.39 is 22.5 Å². The Morgan fingerprint density at radius 3 is 2.73 bits per heavy atom. The molecule has 0 aliphatic heterocycles. The molecule has 2 rings (SSSR count). The highest BCUT2D eigenvalue weighted by atomic mass is 35.5. The minimum Gasteiger partial charge on any atom is -0.478 e. The number of carbonyl (C=O) groups excluding carboxylic acids is 1. The van der Waals surface area contributed by atoms with Crippen LogP contribution in [0.2, 0.25) is 5.02 Å². The predicted molar refractivity (Wildman–Crippen MR) is 76.2 cm³/mol. The first-order chi connectivity index (χ1) is 10.3. The highest BCUT2D eigenvalue weighted by molar-refractivity contribution is 6.31. The van der Waals surface area contributed by atoms with Gasteiger partial charge in [0.25, 0.3) is 11.6 Å². The third kappa shape index (κ3) is 2.88. The molecule has 0 bridgehead atoms. The monoisotopic (exact) mass is 324 g/mol. The number of hydrogen-bond acceptors (Lipinski definition) is 5. The maximum atomic E-state index is 12.2. The van der Waals surface area contributed by atoms with Crippen molar-refractivity contribution in [3.63, 3.8) is 0 Å². The lowest BCUT2D eigenvalue weighted by atomic mass is 10.2. The van der Waals surface area contributed by atoms with Gasteiger partial charge in [-0.15, -0.1) is 0 Å². The number of aromatic carboxylic acids is 1. The Balaban J connectivity index is 2.40. The Morgan fingerprint density at radius 2 is 2.14 bits per heavy atom. The van der Waals surface area contributed by atoms with Gasteiger partial charge in [0.1, 0.15) is 16.9 Å². The molecule has 114 valence electrons. The van der Waals surface area contributed by atoms with Gasteiger partial charge in [-0.25, -0.2) is 4.79 Å². The lowest BCUT2D eigenvalue weighted by Crippen LogP contribution is -2.20. The van der Waals surface area contributed by atoms with Crippen LogP contribution in [-0.4, -0.2) is 31.7 Å². The number of amides is 1. The zero-order valence-electron chi connectivity index (χ0n) is 11.1. The third-order valence-corrected chi connectivity index (χ3v) is 3.02. The first-order valence-corrected chi connectivity index (χ1v) is 6.19. The number of benzene rings is 1. The van der Waals surface area contributed by atoms with E-state index in [9.17, 15) is 19.7 Å². The van der Waals surface area contributed by atoms with Gasteiger partial charge in [-0.05, 0) is 12.1 Å². The van der Waals surface area contributed by atoms with E-state index in [-0.39, 0.29) is 22.0 Å². The molecule has 2 aromatic rings. The van der Waals surface area contributed by atoms with Crippen LogP contribution >= 0.6 is 11.6 Å². The lowest BCUT2D eigenvalue weighted by Gasteiger charge is -2.07. The molecule has 0 saturated carbocycles. The Morgan fingerprint density at radius 1 is 1.45 bits per heavy atom. The number of hydrogen-bond donors (Lipinski definition) is 2. The summed E-state index contributed by atoms with van der Waals surface area (Å²) < 4.78 is 1.07. The first-order valence-electron chi connectivity index (χ1n) is 5.82. The minimum absolute atomic E-state index is 0.100. The lowest BCUT2D eigenvalue weighted by molar-refractivity contribution is -0.383. The fraction of sp³-hybridized carbons (Fsp3) is 0.0833. The van der Waals surface area contributed by atoms with Gasteiger partial charge in [0.05, 0.1) is 11.1 Å². The van der Waals surface area contributed by atoms with E-state index in [2.05, 4.69) is 10.4 Å². The second-order valence-corrected chi connectivity index (χ2v) is 4.64. The predicted octanol–water partition coefficient (Wildman–Crippen LogP) is 1.93. The van der Waals surface area contributed by atoms with E-state index in [1.54, 1.807) is 0 Å². The van der Waals surface area contributed by atoms with E-state index in [4.69, 9.17) is 16.7 Å². The smallest absolute Gasteiger partial charge is 0.339 e. The zero-order chi connectivity index (χ0) is 16.4. The van der Waals surface area contributed by atoms with Gasteiger partial charge in [-0.3, -0.25) is 19.6 Å². The molecule has 0 radical (unpaired) electrons. The molecule has 1 aromatic heterocycles. The van der Waals surface area contributed by atoms with E-state index in [1.165, 1.54) is 19.2 Å². The van der Waals surface area contributed by atoms with Crippen molar-refractivity contribution in [2.24, 2.45) is 7.05 Å². The van der Waals surface area contributed by atoms with Crippen molar-refractivity contribution >= 4 is 34.9 Å². The van der Waals surface area contributed by atoms with Gasteiger partial charge >= 0.3 is 5.97 Å². The number of halogens is 1. The summed E-state index contributed by atoms with van der Waals surface area (Å²) in [6, 6.07) is 3.71. The summed E-state index contributed by atoms with van der Waals surface area (Å²) in [6.07, 6.45) is 1.02. The highest BCUT2D eigenvalue weighted by Crippen LogP contribution is 2.28. The maximum absolute atomic E-state index is 12.2. The molecule has 2 N–H and O–H groups in total.